The standard InChI is InChI=1S/C27H32N4O6/c1-27(2,3)37-26(34)31-21(12-20-13-28-11-10-23(20)31)15-30-22(18-35-4)14-29(16-24(30)32)25(33)36-17-19-8-6-5-7-9-19/h5-13,22H,14-18H2,1-4H3/t22-/m1/s1. The van der Waals surface area contributed by atoms with Gasteiger partial charge in [-0.3, -0.25) is 14.7 Å². The number of hydrogen-bond acceptors (Lipinski definition) is 7. The van der Waals surface area contributed by atoms with Crippen molar-refractivity contribution >= 4 is 29.0 Å². The molecular weight excluding hydrogens is 476 g/mol. The van der Waals surface area contributed by atoms with E-state index in [4.69, 9.17) is 14.2 Å². The van der Waals surface area contributed by atoms with Crippen LogP contribution in [-0.2, 0) is 32.2 Å². The van der Waals surface area contributed by atoms with Crippen LogP contribution in [0.2, 0.25) is 0 Å². The lowest BCUT2D eigenvalue weighted by Gasteiger charge is -2.40. The molecule has 2 amide bonds. The number of piperazine rings is 1. The Kier molecular flexibility index (Phi) is 7.77. The zero-order valence-electron chi connectivity index (χ0n) is 21.5. The van der Waals surface area contributed by atoms with E-state index in [0.29, 0.717) is 11.2 Å². The second kappa shape index (κ2) is 11.0. The normalized spacial score (nSPS) is 16.2. The summed E-state index contributed by atoms with van der Waals surface area (Å²) in [4.78, 5) is 46.3. The summed E-state index contributed by atoms with van der Waals surface area (Å²) in [6.45, 7) is 5.96. The van der Waals surface area contributed by atoms with Gasteiger partial charge in [0.05, 0.1) is 24.7 Å². The molecule has 1 aliphatic rings. The van der Waals surface area contributed by atoms with Crippen molar-refractivity contribution in [2.75, 3.05) is 26.8 Å². The van der Waals surface area contributed by atoms with Gasteiger partial charge in [0.25, 0.3) is 0 Å². The Morgan fingerprint density at radius 2 is 1.86 bits per heavy atom. The highest BCUT2D eigenvalue weighted by atomic mass is 16.6. The molecule has 4 rings (SSSR count). The van der Waals surface area contributed by atoms with Gasteiger partial charge in [0, 0.05) is 37.1 Å². The molecule has 1 saturated heterocycles. The minimum Gasteiger partial charge on any atom is -0.445 e. The molecule has 0 saturated carbocycles. The van der Waals surface area contributed by atoms with Crippen molar-refractivity contribution in [2.45, 2.75) is 45.6 Å². The number of hydrogen-bond donors (Lipinski definition) is 0. The fourth-order valence-corrected chi connectivity index (χ4v) is 4.30. The number of carbonyl (C=O) groups is 3. The first-order valence-electron chi connectivity index (χ1n) is 12.1. The molecule has 0 radical (unpaired) electrons. The average Bonchev–Trinajstić information content (AvgIpc) is 3.22. The van der Waals surface area contributed by atoms with Crippen molar-refractivity contribution in [2.24, 2.45) is 0 Å². The van der Waals surface area contributed by atoms with Gasteiger partial charge in [0.2, 0.25) is 5.91 Å². The summed E-state index contributed by atoms with van der Waals surface area (Å²) in [5.41, 5.74) is 1.38. The molecule has 0 spiro atoms. The van der Waals surface area contributed by atoms with E-state index in [9.17, 15) is 14.4 Å². The van der Waals surface area contributed by atoms with Crippen molar-refractivity contribution in [3.05, 3.63) is 66.1 Å². The van der Waals surface area contributed by atoms with Gasteiger partial charge >= 0.3 is 12.2 Å². The second-order valence-electron chi connectivity index (χ2n) is 9.94. The molecule has 1 aliphatic heterocycles. The molecule has 3 aromatic rings. The van der Waals surface area contributed by atoms with E-state index in [0.717, 1.165) is 10.9 Å². The van der Waals surface area contributed by atoms with Crippen LogP contribution in [0.4, 0.5) is 9.59 Å². The number of pyridine rings is 1. The van der Waals surface area contributed by atoms with Gasteiger partial charge < -0.3 is 19.1 Å². The van der Waals surface area contributed by atoms with Crippen LogP contribution < -0.4 is 0 Å². The Morgan fingerprint density at radius 1 is 1.11 bits per heavy atom. The van der Waals surface area contributed by atoms with Crippen molar-refractivity contribution in [1.29, 1.82) is 0 Å². The van der Waals surface area contributed by atoms with E-state index in [1.807, 2.05) is 36.4 Å². The Hall–Kier alpha value is -3.92. The monoisotopic (exact) mass is 508 g/mol. The summed E-state index contributed by atoms with van der Waals surface area (Å²) >= 11 is 0. The van der Waals surface area contributed by atoms with E-state index in [1.54, 1.807) is 51.2 Å². The number of benzene rings is 1. The molecule has 3 heterocycles. The molecule has 10 heteroatoms. The molecule has 0 unspecified atom stereocenters. The molecule has 196 valence electrons. The summed E-state index contributed by atoms with van der Waals surface area (Å²) in [5.74, 6) is -0.274. The maximum absolute atomic E-state index is 13.3. The van der Waals surface area contributed by atoms with E-state index >= 15 is 0 Å². The lowest BCUT2D eigenvalue weighted by molar-refractivity contribution is -0.141. The van der Waals surface area contributed by atoms with Crippen LogP contribution in [0.3, 0.4) is 0 Å². The van der Waals surface area contributed by atoms with Crippen molar-refractivity contribution in [3.63, 3.8) is 0 Å². The molecule has 1 atom stereocenters. The van der Waals surface area contributed by atoms with Crippen LogP contribution in [0.5, 0.6) is 0 Å². The van der Waals surface area contributed by atoms with Crippen LogP contribution in [0.15, 0.2) is 54.9 Å². The molecule has 0 bridgehead atoms. The SMILES string of the molecule is COC[C@H]1CN(C(=O)OCc2ccccc2)CC(=O)N1Cc1cc2cnccc2n1C(=O)OC(C)(C)C. The molecular formula is C27H32N4O6. The summed E-state index contributed by atoms with van der Waals surface area (Å²) < 4.78 is 17.9. The number of aromatic nitrogens is 2. The number of ether oxygens (including phenoxy) is 3. The van der Waals surface area contributed by atoms with E-state index in [1.165, 1.54) is 9.47 Å². The first kappa shape index (κ1) is 26.2. The van der Waals surface area contributed by atoms with Gasteiger partial charge in [-0.05, 0) is 38.5 Å². The third kappa shape index (κ3) is 6.26. The third-order valence-corrected chi connectivity index (χ3v) is 5.93. The average molecular weight is 509 g/mol. The van der Waals surface area contributed by atoms with Gasteiger partial charge in [0.15, 0.2) is 0 Å². The van der Waals surface area contributed by atoms with Gasteiger partial charge in [-0.1, -0.05) is 30.3 Å². The third-order valence-electron chi connectivity index (χ3n) is 5.93. The number of rotatable bonds is 6. The van der Waals surface area contributed by atoms with Gasteiger partial charge in [0.1, 0.15) is 18.8 Å². The van der Waals surface area contributed by atoms with Crippen molar-refractivity contribution < 1.29 is 28.6 Å². The minimum absolute atomic E-state index is 0.118. The smallest absolute Gasteiger partial charge is 0.419 e. The first-order chi connectivity index (χ1) is 17.7. The Labute approximate surface area is 215 Å². The predicted molar refractivity (Wildman–Crippen MR) is 136 cm³/mol. The van der Waals surface area contributed by atoms with E-state index in [2.05, 4.69) is 4.98 Å². The van der Waals surface area contributed by atoms with Crippen molar-refractivity contribution in [1.82, 2.24) is 19.4 Å². The Morgan fingerprint density at radius 3 is 2.57 bits per heavy atom. The number of fused-ring (bicyclic) bond motifs is 1. The number of methoxy groups -OCH3 is 1. The fraction of sp³-hybridized carbons (Fsp3) is 0.407. The zero-order valence-corrected chi connectivity index (χ0v) is 21.5. The summed E-state index contributed by atoms with van der Waals surface area (Å²) in [7, 11) is 1.54. The largest absolute Gasteiger partial charge is 0.445 e. The van der Waals surface area contributed by atoms with Gasteiger partial charge in [-0.15, -0.1) is 0 Å². The van der Waals surface area contributed by atoms with E-state index in [-0.39, 0.29) is 38.8 Å². The highest BCUT2D eigenvalue weighted by Crippen LogP contribution is 2.24. The highest BCUT2D eigenvalue weighted by molar-refractivity contribution is 5.91. The minimum atomic E-state index is -0.696. The van der Waals surface area contributed by atoms with Gasteiger partial charge in [-0.25, -0.2) is 14.2 Å². The van der Waals surface area contributed by atoms with Crippen LogP contribution in [0.1, 0.15) is 32.0 Å². The lowest BCUT2D eigenvalue weighted by atomic mass is 10.1. The van der Waals surface area contributed by atoms with Crippen LogP contribution in [-0.4, -0.2) is 75.9 Å². The quantitative estimate of drug-likeness (QED) is 0.499. The maximum atomic E-state index is 13.3. The number of nitrogens with zero attached hydrogens (tertiary/aromatic N) is 4. The predicted octanol–water partition coefficient (Wildman–Crippen LogP) is 3.82. The molecule has 0 aliphatic carbocycles. The van der Waals surface area contributed by atoms with Crippen LogP contribution in [0.25, 0.3) is 10.9 Å². The topological polar surface area (TPSA) is 103 Å². The lowest BCUT2D eigenvalue weighted by Crippen LogP contribution is -2.59. The highest BCUT2D eigenvalue weighted by Gasteiger charge is 2.36. The fourth-order valence-electron chi connectivity index (χ4n) is 4.30. The zero-order chi connectivity index (χ0) is 26.6. The summed E-state index contributed by atoms with van der Waals surface area (Å²) in [6.07, 6.45) is 2.16. The van der Waals surface area contributed by atoms with Crippen LogP contribution in [0, 0.1) is 0 Å². The number of amides is 2. The molecule has 10 nitrogen and oxygen atoms in total. The number of carbonyl (C=O) groups excluding carboxylic acids is 3. The molecule has 1 fully saturated rings. The van der Waals surface area contributed by atoms with Crippen molar-refractivity contribution in [3.8, 4) is 0 Å². The molecule has 2 aromatic heterocycles. The Balaban J connectivity index is 1.54. The maximum Gasteiger partial charge on any atom is 0.419 e. The van der Waals surface area contributed by atoms with Gasteiger partial charge in [-0.2, -0.15) is 0 Å². The molecule has 37 heavy (non-hydrogen) atoms. The summed E-state index contributed by atoms with van der Waals surface area (Å²) in [5, 5.41) is 0.752. The molecule has 1 aromatic carbocycles. The van der Waals surface area contributed by atoms with E-state index < -0.39 is 23.8 Å². The Bertz CT molecular complexity index is 1270. The first-order valence-corrected chi connectivity index (χ1v) is 12.1. The van der Waals surface area contributed by atoms with Crippen LogP contribution >= 0.6 is 0 Å². The second-order valence-corrected chi connectivity index (χ2v) is 9.94. The summed E-state index contributed by atoms with van der Waals surface area (Å²) in [6, 6.07) is 12.5. The molecule has 0 N–H and O–H groups in total.